The van der Waals surface area contributed by atoms with E-state index >= 15 is 0 Å². The second-order valence-electron chi connectivity index (χ2n) is 3.87. The summed E-state index contributed by atoms with van der Waals surface area (Å²) in [6.45, 7) is 7.84. The molecule has 0 radical (unpaired) electrons. The lowest BCUT2D eigenvalue weighted by Gasteiger charge is -2.26. The Morgan fingerprint density at radius 2 is 1.93 bits per heavy atom. The van der Waals surface area contributed by atoms with Crippen LogP contribution in [-0.4, -0.2) is 14.2 Å². The van der Waals surface area contributed by atoms with Crippen molar-refractivity contribution in [2.45, 2.75) is 19.4 Å². The Labute approximate surface area is 91.5 Å². The third kappa shape index (κ3) is 2.39. The average molecular weight is 206 g/mol. The summed E-state index contributed by atoms with van der Waals surface area (Å²) in [5.41, 5.74) is 1.82. The van der Waals surface area contributed by atoms with Gasteiger partial charge in [0.05, 0.1) is 12.7 Å². The predicted molar refractivity (Wildman–Crippen MR) is 63.1 cm³/mol. The van der Waals surface area contributed by atoms with Gasteiger partial charge in [-0.3, -0.25) is 0 Å². The van der Waals surface area contributed by atoms with Crippen LogP contribution >= 0.6 is 0 Å². The van der Waals surface area contributed by atoms with Crippen LogP contribution < -0.4 is 4.74 Å². The molecule has 0 bridgehead atoms. The summed E-state index contributed by atoms with van der Waals surface area (Å²) in [6.07, 6.45) is 1.83. The molecule has 2 nitrogen and oxygen atoms in total. The van der Waals surface area contributed by atoms with Crippen molar-refractivity contribution in [3.8, 4) is 5.75 Å². The molecule has 0 fully saturated rings. The highest BCUT2D eigenvalue weighted by molar-refractivity contribution is 5.55. The summed E-state index contributed by atoms with van der Waals surface area (Å²) < 4.78 is 10.7. The lowest BCUT2D eigenvalue weighted by molar-refractivity contribution is 0.0189. The van der Waals surface area contributed by atoms with E-state index in [-0.39, 0.29) is 5.60 Å². The van der Waals surface area contributed by atoms with E-state index in [1.165, 1.54) is 0 Å². The van der Waals surface area contributed by atoms with Crippen molar-refractivity contribution in [1.82, 2.24) is 0 Å². The van der Waals surface area contributed by atoms with Crippen molar-refractivity contribution in [2.24, 2.45) is 0 Å². The number of hydrogen-bond donors (Lipinski definition) is 0. The Kier molecular flexibility index (Phi) is 3.53. The molecule has 2 heteroatoms. The standard InChI is InChI=1S/C13H18O2/c1-6-10-7-8-11(14-4)9-12(10)13(2,3)15-5/h6-9H,1H2,2-5H3. The SMILES string of the molecule is C=Cc1ccc(OC)cc1C(C)(C)OC. The summed E-state index contributed by atoms with van der Waals surface area (Å²) in [6, 6.07) is 5.90. The fourth-order valence-electron chi connectivity index (χ4n) is 1.47. The zero-order valence-electron chi connectivity index (χ0n) is 9.83. The molecule has 82 valence electrons. The molecular formula is C13H18O2. The number of hydrogen-bond acceptors (Lipinski definition) is 2. The third-order valence-corrected chi connectivity index (χ3v) is 2.64. The first-order chi connectivity index (χ1) is 7.05. The van der Waals surface area contributed by atoms with Crippen molar-refractivity contribution in [1.29, 1.82) is 0 Å². The number of benzene rings is 1. The van der Waals surface area contributed by atoms with Gasteiger partial charge in [-0.05, 0) is 37.1 Å². The molecule has 0 saturated carbocycles. The van der Waals surface area contributed by atoms with E-state index in [0.717, 1.165) is 16.9 Å². The topological polar surface area (TPSA) is 18.5 Å². The number of methoxy groups -OCH3 is 2. The minimum Gasteiger partial charge on any atom is -0.497 e. The average Bonchev–Trinajstić information content (AvgIpc) is 2.28. The van der Waals surface area contributed by atoms with Crippen molar-refractivity contribution in [3.05, 3.63) is 35.9 Å². The molecule has 0 aliphatic rings. The van der Waals surface area contributed by atoms with E-state index in [2.05, 4.69) is 6.58 Å². The van der Waals surface area contributed by atoms with Crippen LogP contribution in [0.25, 0.3) is 6.08 Å². The van der Waals surface area contributed by atoms with Crippen molar-refractivity contribution in [2.75, 3.05) is 14.2 Å². The van der Waals surface area contributed by atoms with Crippen LogP contribution in [0.1, 0.15) is 25.0 Å². The third-order valence-electron chi connectivity index (χ3n) is 2.64. The smallest absolute Gasteiger partial charge is 0.119 e. The first-order valence-corrected chi connectivity index (χ1v) is 4.91. The van der Waals surface area contributed by atoms with E-state index in [1.54, 1.807) is 14.2 Å². The highest BCUT2D eigenvalue weighted by Crippen LogP contribution is 2.30. The van der Waals surface area contributed by atoms with Crippen LogP contribution in [0.15, 0.2) is 24.8 Å². The molecule has 1 rings (SSSR count). The van der Waals surface area contributed by atoms with E-state index in [1.807, 2.05) is 38.1 Å². The van der Waals surface area contributed by atoms with Gasteiger partial charge < -0.3 is 9.47 Å². The molecule has 0 aliphatic carbocycles. The molecule has 15 heavy (non-hydrogen) atoms. The summed E-state index contributed by atoms with van der Waals surface area (Å²) in [4.78, 5) is 0. The van der Waals surface area contributed by atoms with Crippen molar-refractivity contribution in [3.63, 3.8) is 0 Å². The predicted octanol–water partition coefficient (Wildman–Crippen LogP) is 3.22. The molecule has 0 saturated heterocycles. The second kappa shape index (κ2) is 4.49. The van der Waals surface area contributed by atoms with Gasteiger partial charge in [0, 0.05) is 7.11 Å². The zero-order valence-corrected chi connectivity index (χ0v) is 9.83. The highest BCUT2D eigenvalue weighted by atomic mass is 16.5. The normalized spacial score (nSPS) is 11.2. The molecule has 0 N–H and O–H groups in total. The summed E-state index contributed by atoms with van der Waals surface area (Å²) in [7, 11) is 3.36. The minimum absolute atomic E-state index is 0.335. The van der Waals surface area contributed by atoms with Gasteiger partial charge in [-0.1, -0.05) is 18.7 Å². The molecule has 0 amide bonds. The fraction of sp³-hybridized carbons (Fsp3) is 0.385. The zero-order chi connectivity index (χ0) is 11.5. The minimum atomic E-state index is -0.335. The van der Waals surface area contributed by atoms with Gasteiger partial charge in [-0.2, -0.15) is 0 Å². The van der Waals surface area contributed by atoms with Crippen molar-refractivity contribution >= 4 is 6.08 Å². The van der Waals surface area contributed by atoms with Crippen LogP contribution in [0.5, 0.6) is 5.75 Å². The first kappa shape index (κ1) is 11.8. The summed E-state index contributed by atoms with van der Waals surface area (Å²) >= 11 is 0. The van der Waals surface area contributed by atoms with E-state index in [0.29, 0.717) is 0 Å². The largest absolute Gasteiger partial charge is 0.497 e. The van der Waals surface area contributed by atoms with E-state index in [9.17, 15) is 0 Å². The molecule has 0 heterocycles. The molecule has 1 aromatic rings. The van der Waals surface area contributed by atoms with Crippen LogP contribution in [0.2, 0.25) is 0 Å². The Balaban J connectivity index is 3.29. The molecule has 0 aromatic heterocycles. The van der Waals surface area contributed by atoms with Gasteiger partial charge in [0.2, 0.25) is 0 Å². The molecule has 0 aliphatic heterocycles. The molecule has 1 aromatic carbocycles. The van der Waals surface area contributed by atoms with Gasteiger partial charge in [0.25, 0.3) is 0 Å². The molecule has 0 atom stereocenters. The molecule has 0 spiro atoms. The van der Waals surface area contributed by atoms with Gasteiger partial charge in [-0.15, -0.1) is 0 Å². The van der Waals surface area contributed by atoms with E-state index < -0.39 is 0 Å². The van der Waals surface area contributed by atoms with Crippen molar-refractivity contribution < 1.29 is 9.47 Å². The second-order valence-corrected chi connectivity index (χ2v) is 3.87. The van der Waals surface area contributed by atoms with Crippen LogP contribution in [0, 0.1) is 0 Å². The summed E-state index contributed by atoms with van der Waals surface area (Å²) in [5.74, 6) is 0.834. The van der Waals surface area contributed by atoms with Crippen LogP contribution in [0.4, 0.5) is 0 Å². The fourth-order valence-corrected chi connectivity index (χ4v) is 1.47. The Morgan fingerprint density at radius 3 is 2.40 bits per heavy atom. The van der Waals surface area contributed by atoms with Gasteiger partial charge in [-0.25, -0.2) is 0 Å². The maximum Gasteiger partial charge on any atom is 0.119 e. The maximum atomic E-state index is 5.46. The van der Waals surface area contributed by atoms with Gasteiger partial charge in [0.1, 0.15) is 5.75 Å². The monoisotopic (exact) mass is 206 g/mol. The first-order valence-electron chi connectivity index (χ1n) is 4.91. The lowest BCUT2D eigenvalue weighted by Crippen LogP contribution is -2.20. The van der Waals surface area contributed by atoms with Gasteiger partial charge in [0.15, 0.2) is 0 Å². The Hall–Kier alpha value is -1.28. The highest BCUT2D eigenvalue weighted by Gasteiger charge is 2.22. The quantitative estimate of drug-likeness (QED) is 0.753. The van der Waals surface area contributed by atoms with Crippen LogP contribution in [0.3, 0.4) is 0 Å². The Bertz CT molecular complexity index is 354. The van der Waals surface area contributed by atoms with Gasteiger partial charge >= 0.3 is 0 Å². The lowest BCUT2D eigenvalue weighted by atomic mass is 9.92. The van der Waals surface area contributed by atoms with Crippen LogP contribution in [-0.2, 0) is 10.3 Å². The Morgan fingerprint density at radius 1 is 1.27 bits per heavy atom. The number of rotatable bonds is 4. The molecule has 0 unspecified atom stereocenters. The summed E-state index contributed by atoms with van der Waals surface area (Å²) in [5, 5.41) is 0. The van der Waals surface area contributed by atoms with E-state index in [4.69, 9.17) is 9.47 Å². The molecular weight excluding hydrogens is 188 g/mol. The maximum absolute atomic E-state index is 5.46. The number of ether oxygens (including phenoxy) is 2.